The molecule has 1 N–H and O–H groups in total. The molecule has 6 nitrogen and oxygen atoms in total. The number of fused-ring (bicyclic) bond motifs is 1. The van der Waals surface area contributed by atoms with Crippen molar-refractivity contribution in [2.45, 2.75) is 51.6 Å². The van der Waals surface area contributed by atoms with E-state index in [1.165, 1.54) is 25.6 Å². The largest absolute Gasteiger partial charge is 0.369 e. The second-order valence-electron chi connectivity index (χ2n) is 7.59. The Hall–Kier alpha value is -2.18. The number of halogens is 1. The lowest BCUT2D eigenvalue weighted by atomic mass is 9.97. The molecular formula is C21H26ClN5O. The van der Waals surface area contributed by atoms with Crippen LogP contribution in [0.25, 0.3) is 22.4 Å². The first-order valence-corrected chi connectivity index (χ1v) is 10.4. The third kappa shape index (κ3) is 3.98. The molecule has 4 rings (SSSR count). The zero-order chi connectivity index (χ0) is 19.5. The van der Waals surface area contributed by atoms with E-state index in [0.29, 0.717) is 22.8 Å². The van der Waals surface area contributed by atoms with Crippen molar-refractivity contribution >= 4 is 28.5 Å². The van der Waals surface area contributed by atoms with Gasteiger partial charge in [-0.3, -0.25) is 4.90 Å². The van der Waals surface area contributed by atoms with E-state index in [0.717, 1.165) is 42.0 Å². The van der Waals surface area contributed by atoms with Crippen LogP contribution in [0, 0.1) is 0 Å². The summed E-state index contributed by atoms with van der Waals surface area (Å²) in [6.07, 6.45) is 6.51. The second kappa shape index (κ2) is 8.45. The molecule has 148 valence electrons. The van der Waals surface area contributed by atoms with Crippen LogP contribution < -0.4 is 5.32 Å². The summed E-state index contributed by atoms with van der Waals surface area (Å²) in [7, 11) is 0. The maximum absolute atomic E-state index is 6.01. The summed E-state index contributed by atoms with van der Waals surface area (Å²) in [5, 5.41) is 9.17. The summed E-state index contributed by atoms with van der Waals surface area (Å²) in [6.45, 7) is 6.61. The number of piperidine rings is 1. The van der Waals surface area contributed by atoms with Gasteiger partial charge < -0.3 is 9.84 Å². The summed E-state index contributed by atoms with van der Waals surface area (Å²) in [4.78, 5) is 11.3. The molecule has 0 saturated carbocycles. The van der Waals surface area contributed by atoms with Crippen molar-refractivity contribution in [1.29, 1.82) is 0 Å². The van der Waals surface area contributed by atoms with Crippen LogP contribution in [-0.2, 0) is 0 Å². The lowest BCUT2D eigenvalue weighted by Gasteiger charge is -2.39. The van der Waals surface area contributed by atoms with Gasteiger partial charge in [-0.05, 0) is 45.2 Å². The number of aromatic nitrogens is 3. The van der Waals surface area contributed by atoms with E-state index in [9.17, 15) is 0 Å². The van der Waals surface area contributed by atoms with Gasteiger partial charge in [-0.2, -0.15) is 4.98 Å². The van der Waals surface area contributed by atoms with E-state index in [4.69, 9.17) is 16.1 Å². The van der Waals surface area contributed by atoms with Gasteiger partial charge >= 0.3 is 0 Å². The number of nitrogens with one attached hydrogen (secondary N) is 1. The Bertz CT molecular complexity index is 916. The minimum absolute atomic E-state index is 0.487. The third-order valence-electron chi connectivity index (χ3n) is 5.65. The minimum Gasteiger partial charge on any atom is -0.369 e. The van der Waals surface area contributed by atoms with Gasteiger partial charge in [0, 0.05) is 35.8 Å². The van der Waals surface area contributed by atoms with Crippen LogP contribution in [0.2, 0.25) is 5.02 Å². The monoisotopic (exact) mass is 399 g/mol. The predicted octanol–water partition coefficient (Wildman–Crippen LogP) is 5.00. The molecule has 0 aliphatic carbocycles. The fourth-order valence-electron chi connectivity index (χ4n) is 4.11. The Balaban J connectivity index is 1.47. The summed E-state index contributed by atoms with van der Waals surface area (Å²) in [5.74, 6) is 0.760. The molecule has 2 atom stereocenters. The molecule has 28 heavy (non-hydrogen) atoms. The number of anilines is 1. The Morgan fingerprint density at radius 1 is 1.14 bits per heavy atom. The van der Waals surface area contributed by atoms with Gasteiger partial charge in [-0.15, -0.1) is 0 Å². The van der Waals surface area contributed by atoms with Crippen molar-refractivity contribution in [1.82, 2.24) is 20.0 Å². The fraction of sp³-hybridized carbons (Fsp3) is 0.476. The van der Waals surface area contributed by atoms with Crippen LogP contribution in [0.4, 0.5) is 5.82 Å². The summed E-state index contributed by atoms with van der Waals surface area (Å²) in [5.41, 5.74) is 2.14. The highest BCUT2D eigenvalue weighted by Gasteiger charge is 2.24. The zero-order valence-corrected chi connectivity index (χ0v) is 17.1. The highest BCUT2D eigenvalue weighted by atomic mass is 35.5. The smallest absolute Gasteiger partial charge is 0.263 e. The van der Waals surface area contributed by atoms with Crippen molar-refractivity contribution < 1.29 is 4.52 Å². The Morgan fingerprint density at radius 2 is 1.89 bits per heavy atom. The van der Waals surface area contributed by atoms with Crippen molar-refractivity contribution in [2.24, 2.45) is 0 Å². The number of likely N-dealkylation sites (tertiary alicyclic amines) is 1. The van der Waals surface area contributed by atoms with Crippen LogP contribution in [0.15, 0.2) is 35.1 Å². The SMILES string of the molecule is CC1CCCC(C)N1CCCNc1ncnc2onc(-c3ccc(Cl)cc3)c12. The number of benzene rings is 1. The topological polar surface area (TPSA) is 67.1 Å². The van der Waals surface area contributed by atoms with Crippen LogP contribution in [-0.4, -0.2) is 45.2 Å². The Kier molecular flexibility index (Phi) is 5.78. The maximum atomic E-state index is 6.01. The summed E-state index contributed by atoms with van der Waals surface area (Å²) < 4.78 is 5.42. The lowest BCUT2D eigenvalue weighted by Crippen LogP contribution is -2.44. The molecule has 1 saturated heterocycles. The predicted molar refractivity (Wildman–Crippen MR) is 113 cm³/mol. The normalized spacial score (nSPS) is 20.5. The van der Waals surface area contributed by atoms with Gasteiger partial charge in [0.25, 0.3) is 5.71 Å². The summed E-state index contributed by atoms with van der Waals surface area (Å²) in [6, 6.07) is 8.88. The van der Waals surface area contributed by atoms with Gasteiger partial charge in [0.1, 0.15) is 23.2 Å². The van der Waals surface area contributed by atoms with E-state index in [2.05, 4.69) is 39.2 Å². The molecule has 1 aromatic carbocycles. The van der Waals surface area contributed by atoms with Crippen molar-refractivity contribution in [3.63, 3.8) is 0 Å². The maximum Gasteiger partial charge on any atom is 0.263 e. The van der Waals surface area contributed by atoms with Crippen LogP contribution in [0.3, 0.4) is 0 Å². The molecule has 1 fully saturated rings. The molecule has 2 aromatic heterocycles. The Labute approximate surface area is 170 Å². The fourth-order valence-corrected chi connectivity index (χ4v) is 4.24. The van der Waals surface area contributed by atoms with E-state index in [-0.39, 0.29) is 0 Å². The highest BCUT2D eigenvalue weighted by Crippen LogP contribution is 2.31. The van der Waals surface area contributed by atoms with E-state index < -0.39 is 0 Å². The standard InChI is InChI=1S/C21H26ClN5O/c1-14-5-3-6-15(2)27(14)12-4-11-23-20-18-19(16-7-9-17(22)10-8-16)26-28-21(18)25-13-24-20/h7-10,13-15H,3-6,11-12H2,1-2H3,(H,23,24,25). The van der Waals surface area contributed by atoms with Gasteiger partial charge in [-0.25, -0.2) is 4.98 Å². The molecule has 1 aliphatic heterocycles. The van der Waals surface area contributed by atoms with E-state index in [1.807, 2.05) is 24.3 Å². The van der Waals surface area contributed by atoms with E-state index >= 15 is 0 Å². The van der Waals surface area contributed by atoms with Crippen LogP contribution >= 0.6 is 11.6 Å². The van der Waals surface area contributed by atoms with Crippen LogP contribution in [0.1, 0.15) is 39.5 Å². The molecule has 0 spiro atoms. The zero-order valence-electron chi connectivity index (χ0n) is 16.4. The van der Waals surface area contributed by atoms with Gasteiger partial charge in [0.15, 0.2) is 0 Å². The molecule has 3 heterocycles. The molecule has 3 aromatic rings. The molecule has 0 radical (unpaired) electrons. The first kappa shape index (κ1) is 19.2. The molecule has 0 bridgehead atoms. The summed E-state index contributed by atoms with van der Waals surface area (Å²) >= 11 is 6.01. The average molecular weight is 400 g/mol. The van der Waals surface area contributed by atoms with Crippen molar-refractivity contribution in [2.75, 3.05) is 18.4 Å². The number of nitrogens with zero attached hydrogens (tertiary/aromatic N) is 4. The number of rotatable bonds is 6. The average Bonchev–Trinajstić information content (AvgIpc) is 3.12. The number of hydrogen-bond acceptors (Lipinski definition) is 6. The molecular weight excluding hydrogens is 374 g/mol. The first-order valence-electron chi connectivity index (χ1n) is 9.99. The molecule has 0 amide bonds. The highest BCUT2D eigenvalue weighted by molar-refractivity contribution is 6.30. The third-order valence-corrected chi connectivity index (χ3v) is 5.90. The molecule has 2 unspecified atom stereocenters. The van der Waals surface area contributed by atoms with Gasteiger partial charge in [-0.1, -0.05) is 35.3 Å². The lowest BCUT2D eigenvalue weighted by molar-refractivity contribution is 0.103. The first-order chi connectivity index (χ1) is 13.6. The van der Waals surface area contributed by atoms with Crippen molar-refractivity contribution in [3.05, 3.63) is 35.6 Å². The van der Waals surface area contributed by atoms with Crippen molar-refractivity contribution in [3.8, 4) is 11.3 Å². The second-order valence-corrected chi connectivity index (χ2v) is 8.02. The van der Waals surface area contributed by atoms with Gasteiger partial charge in [0.2, 0.25) is 0 Å². The Morgan fingerprint density at radius 3 is 2.64 bits per heavy atom. The molecule has 1 aliphatic rings. The van der Waals surface area contributed by atoms with Gasteiger partial charge in [0.05, 0.1) is 0 Å². The number of hydrogen-bond donors (Lipinski definition) is 1. The van der Waals surface area contributed by atoms with Crippen LogP contribution in [0.5, 0.6) is 0 Å². The molecule has 7 heteroatoms. The quantitative estimate of drug-likeness (QED) is 0.588. The van der Waals surface area contributed by atoms with E-state index in [1.54, 1.807) is 0 Å². The minimum atomic E-state index is 0.487.